The molecule has 2 atom stereocenters. The second-order valence-corrected chi connectivity index (χ2v) is 18.5. The van der Waals surface area contributed by atoms with Gasteiger partial charge in [0.25, 0.3) is 0 Å². The molecule has 2 aliphatic carbocycles. The molecule has 13 heteroatoms. The molecule has 3 aromatic carbocycles. The van der Waals surface area contributed by atoms with Crippen LogP contribution in [0.3, 0.4) is 0 Å². The van der Waals surface area contributed by atoms with Crippen molar-refractivity contribution in [3.05, 3.63) is 78.4 Å². The third kappa shape index (κ3) is 6.92. The normalized spacial score (nSPS) is 23.3. The molecule has 7 rings (SSSR count). The highest BCUT2D eigenvalue weighted by Crippen LogP contribution is 2.47. The third-order valence-electron chi connectivity index (χ3n) is 10.8. The number of nitrogens with two attached hydrogens (primary N) is 1. The molecule has 2 heterocycles. The van der Waals surface area contributed by atoms with Crippen LogP contribution >= 0.6 is 0 Å². The Hall–Kier alpha value is -2.88. The zero-order chi connectivity index (χ0) is 34.5. The lowest BCUT2D eigenvalue weighted by molar-refractivity contribution is -0.0312. The molecule has 0 aromatic heterocycles. The quantitative estimate of drug-likeness (QED) is 0.207. The monoisotopic (exact) mass is 711 g/mol. The molecule has 0 radical (unpaired) electrons. The molecule has 264 valence electrons. The van der Waals surface area contributed by atoms with E-state index in [1.54, 1.807) is 34.6 Å². The number of nitrogens with one attached hydrogen (secondary N) is 1. The molecule has 1 spiro atoms. The zero-order valence-corrected chi connectivity index (χ0v) is 29.1. The Morgan fingerprint density at radius 3 is 2.27 bits per heavy atom. The van der Waals surface area contributed by atoms with Crippen molar-refractivity contribution in [3.63, 3.8) is 0 Å². The molecule has 1 unspecified atom stereocenters. The second kappa shape index (κ2) is 13.0. The predicted molar refractivity (Wildman–Crippen MR) is 184 cm³/mol. The molecule has 0 bridgehead atoms. The van der Waals surface area contributed by atoms with E-state index >= 15 is 0 Å². The number of aliphatic hydroxyl groups excluding tert-OH is 2. The van der Waals surface area contributed by atoms with Crippen molar-refractivity contribution in [3.8, 4) is 16.9 Å². The summed E-state index contributed by atoms with van der Waals surface area (Å²) in [5, 5.41) is 23.5. The Morgan fingerprint density at radius 2 is 1.59 bits per heavy atom. The summed E-state index contributed by atoms with van der Waals surface area (Å²) < 4.78 is 65.6. The van der Waals surface area contributed by atoms with Crippen molar-refractivity contribution in [2.75, 3.05) is 39.5 Å². The van der Waals surface area contributed by atoms with Gasteiger partial charge in [-0.3, -0.25) is 0 Å². The number of hydrogen-bond acceptors (Lipinski definition) is 10. The van der Waals surface area contributed by atoms with E-state index in [0.717, 1.165) is 29.5 Å². The fraction of sp³-hybridized carbons (Fsp3) is 0.500. The lowest BCUT2D eigenvalue weighted by Gasteiger charge is -2.38. The van der Waals surface area contributed by atoms with E-state index in [1.165, 1.54) is 12.1 Å². The van der Waals surface area contributed by atoms with Crippen molar-refractivity contribution in [2.24, 2.45) is 5.73 Å². The Labute approximate surface area is 288 Å². The molecule has 4 aliphatic rings. The van der Waals surface area contributed by atoms with Crippen LogP contribution in [0, 0.1) is 0 Å². The fourth-order valence-corrected chi connectivity index (χ4v) is 10.4. The van der Waals surface area contributed by atoms with E-state index in [0.29, 0.717) is 57.6 Å². The molecule has 0 amide bonds. The van der Waals surface area contributed by atoms with E-state index in [2.05, 4.69) is 5.32 Å². The number of ether oxygens (including phenoxy) is 2. The largest absolute Gasteiger partial charge is 0.491 e. The van der Waals surface area contributed by atoms with Gasteiger partial charge in [-0.2, -0.15) is 4.31 Å². The van der Waals surface area contributed by atoms with Gasteiger partial charge >= 0.3 is 0 Å². The fourth-order valence-electron chi connectivity index (χ4n) is 7.05. The highest BCUT2D eigenvalue weighted by atomic mass is 32.2. The smallest absolute Gasteiger partial charge is 0.243 e. The number of sulfonamides is 1. The summed E-state index contributed by atoms with van der Waals surface area (Å²) in [5.74, 6) is 0.331. The molecule has 4 fully saturated rings. The number of sulfone groups is 1. The first-order valence-corrected chi connectivity index (χ1v) is 19.9. The van der Waals surface area contributed by atoms with Gasteiger partial charge in [-0.05, 0) is 92.0 Å². The van der Waals surface area contributed by atoms with Crippen molar-refractivity contribution < 1.29 is 36.5 Å². The number of nitrogens with zero attached hydrogens (tertiary/aromatic N) is 1. The van der Waals surface area contributed by atoms with Crippen LogP contribution in [0.25, 0.3) is 11.1 Å². The topological polar surface area (TPSA) is 168 Å². The summed E-state index contributed by atoms with van der Waals surface area (Å²) in [5.41, 5.74) is 8.59. The van der Waals surface area contributed by atoms with Crippen molar-refractivity contribution in [2.45, 2.75) is 82.8 Å². The van der Waals surface area contributed by atoms with E-state index in [1.807, 2.05) is 30.3 Å². The third-order valence-corrected chi connectivity index (χ3v) is 15.2. The molecule has 2 aliphatic heterocycles. The van der Waals surface area contributed by atoms with E-state index < -0.39 is 42.9 Å². The summed E-state index contributed by atoms with van der Waals surface area (Å²) in [7, 11) is -7.36. The van der Waals surface area contributed by atoms with Crippen LogP contribution in [-0.2, 0) is 30.1 Å². The van der Waals surface area contributed by atoms with Crippen LogP contribution in [0.15, 0.2) is 82.6 Å². The number of piperidine rings is 1. The summed E-state index contributed by atoms with van der Waals surface area (Å²) in [6.07, 6.45) is 3.86. The molecule has 49 heavy (non-hydrogen) atoms. The van der Waals surface area contributed by atoms with Gasteiger partial charge in [0, 0.05) is 31.2 Å². The highest BCUT2D eigenvalue weighted by molar-refractivity contribution is 7.93. The molecular formula is C36H45N3O8S2. The maximum atomic E-state index is 13.7. The molecule has 2 saturated carbocycles. The van der Waals surface area contributed by atoms with Crippen molar-refractivity contribution >= 4 is 19.9 Å². The Bertz CT molecular complexity index is 1880. The van der Waals surface area contributed by atoms with E-state index in [9.17, 15) is 27.0 Å². The van der Waals surface area contributed by atoms with Gasteiger partial charge in [0.2, 0.25) is 10.0 Å². The van der Waals surface area contributed by atoms with E-state index in [-0.39, 0.29) is 34.5 Å². The standard InChI is InChI=1S/C36H45N3O8S2/c37-36(13-14-36)28-9-7-26(8-10-28)27-3-1-6-33(19-27)49(44,45)39-17-15-34(16-18-39)21-29(23-47-34)38-22-30(41)24-46-31-4-2-5-32(20-31)48(42,43)35(25-40)11-12-35/h1-10,19-20,29-30,38,40-41H,11-18,21-25,37H2/t29-,30?/m1/s1. The average molecular weight is 712 g/mol. The Morgan fingerprint density at radius 1 is 0.898 bits per heavy atom. The van der Waals surface area contributed by atoms with Gasteiger partial charge in [0.05, 0.1) is 33.4 Å². The predicted octanol–water partition coefficient (Wildman–Crippen LogP) is 2.94. The molecule has 2 saturated heterocycles. The second-order valence-electron chi connectivity index (χ2n) is 14.3. The Balaban J connectivity index is 0.884. The first-order valence-electron chi connectivity index (χ1n) is 17.0. The minimum atomic E-state index is -3.69. The molecule has 5 N–H and O–H groups in total. The summed E-state index contributed by atoms with van der Waals surface area (Å²) in [6, 6.07) is 21.3. The van der Waals surface area contributed by atoms with Crippen molar-refractivity contribution in [1.29, 1.82) is 0 Å². The lowest BCUT2D eigenvalue weighted by atomic mass is 9.88. The van der Waals surface area contributed by atoms with Crippen molar-refractivity contribution in [1.82, 2.24) is 9.62 Å². The summed E-state index contributed by atoms with van der Waals surface area (Å²) >= 11 is 0. The van der Waals surface area contributed by atoms with Crippen LogP contribution in [0.4, 0.5) is 0 Å². The zero-order valence-electron chi connectivity index (χ0n) is 27.5. The van der Waals surface area contributed by atoms with Crippen LogP contribution < -0.4 is 15.8 Å². The lowest BCUT2D eigenvalue weighted by Crippen LogP contribution is -2.47. The first kappa shape index (κ1) is 34.6. The Kier molecular flexibility index (Phi) is 9.19. The molecule has 3 aromatic rings. The number of rotatable bonds is 13. The van der Waals surface area contributed by atoms with Crippen LogP contribution in [0.2, 0.25) is 0 Å². The molecular weight excluding hydrogens is 667 g/mol. The highest BCUT2D eigenvalue weighted by Gasteiger charge is 2.54. The summed E-state index contributed by atoms with van der Waals surface area (Å²) in [4.78, 5) is 0.376. The van der Waals surface area contributed by atoms with E-state index in [4.69, 9.17) is 15.2 Å². The number of benzene rings is 3. The summed E-state index contributed by atoms with van der Waals surface area (Å²) in [6.45, 7) is 0.985. The van der Waals surface area contributed by atoms with Crippen LogP contribution in [0.5, 0.6) is 5.75 Å². The maximum Gasteiger partial charge on any atom is 0.243 e. The number of aliphatic hydroxyl groups is 2. The van der Waals surface area contributed by atoms with Gasteiger partial charge in [0.15, 0.2) is 9.84 Å². The number of hydrogen-bond donors (Lipinski definition) is 4. The average Bonchev–Trinajstić information content (AvgIpc) is 4.05. The maximum absolute atomic E-state index is 13.7. The SMILES string of the molecule is NC1(c2ccc(-c3cccc(S(=O)(=O)N4CCC5(CC4)C[C@@H](NCC(O)COc4cccc(S(=O)(=O)C6(CO)CC6)c4)CO5)c3)cc2)CC1. The minimum Gasteiger partial charge on any atom is -0.491 e. The van der Waals surface area contributed by atoms with Gasteiger partial charge in [0.1, 0.15) is 18.5 Å². The van der Waals surface area contributed by atoms with Gasteiger partial charge in [-0.1, -0.05) is 42.5 Å². The first-order chi connectivity index (χ1) is 23.4. The molecule has 11 nitrogen and oxygen atoms in total. The van der Waals surface area contributed by atoms with Gasteiger partial charge in [-0.25, -0.2) is 16.8 Å². The van der Waals surface area contributed by atoms with Crippen LogP contribution in [-0.4, -0.2) is 93.3 Å². The minimum absolute atomic E-state index is 0.00312. The van der Waals surface area contributed by atoms with Crippen LogP contribution in [0.1, 0.15) is 50.5 Å². The van der Waals surface area contributed by atoms with Gasteiger partial charge < -0.3 is 30.7 Å². The van der Waals surface area contributed by atoms with Gasteiger partial charge in [-0.15, -0.1) is 0 Å².